The summed E-state index contributed by atoms with van der Waals surface area (Å²) in [7, 11) is 0. The van der Waals surface area contributed by atoms with Gasteiger partial charge in [0.25, 0.3) is 0 Å². The molecule has 1 N–H and O–H groups in total. The number of aryl methyl sites for hydroxylation is 1. The number of hydrogen-bond donors (Lipinski definition) is 1. The molecule has 0 fully saturated rings. The van der Waals surface area contributed by atoms with Crippen LogP contribution in [0.2, 0.25) is 0 Å². The molecule has 128 valence electrons. The first kappa shape index (κ1) is 15.3. The zero-order valence-electron chi connectivity index (χ0n) is 13.2. The third-order valence-electron chi connectivity index (χ3n) is 3.70. The van der Waals surface area contributed by atoms with Crippen LogP contribution in [0.25, 0.3) is 11.6 Å². The first-order valence-electron chi connectivity index (χ1n) is 7.79. The molecular weight excluding hydrogens is 326 g/mol. The second-order valence-corrected chi connectivity index (χ2v) is 5.45. The van der Waals surface area contributed by atoms with Gasteiger partial charge in [0, 0.05) is 19.4 Å². The molecule has 2 aromatic heterocycles. The van der Waals surface area contributed by atoms with E-state index in [1.54, 1.807) is 12.1 Å². The summed E-state index contributed by atoms with van der Waals surface area (Å²) in [5, 5.41) is 6.68. The van der Waals surface area contributed by atoms with Crippen molar-refractivity contribution in [1.82, 2.24) is 15.5 Å². The third kappa shape index (κ3) is 3.47. The highest BCUT2D eigenvalue weighted by Gasteiger charge is 2.14. The predicted molar refractivity (Wildman–Crippen MR) is 84.7 cm³/mol. The van der Waals surface area contributed by atoms with Crippen molar-refractivity contribution in [1.29, 1.82) is 0 Å². The van der Waals surface area contributed by atoms with Crippen LogP contribution in [0.3, 0.4) is 0 Å². The molecule has 8 heteroatoms. The maximum absolute atomic E-state index is 12.0. The van der Waals surface area contributed by atoms with Gasteiger partial charge in [0.05, 0.1) is 6.26 Å². The summed E-state index contributed by atoms with van der Waals surface area (Å²) in [4.78, 5) is 16.2. The van der Waals surface area contributed by atoms with Crippen molar-refractivity contribution in [3.8, 4) is 23.1 Å². The molecule has 0 atom stereocenters. The first-order chi connectivity index (χ1) is 12.3. The minimum atomic E-state index is -0.101. The molecule has 0 spiro atoms. The number of fused-ring (bicyclic) bond motifs is 1. The van der Waals surface area contributed by atoms with Crippen molar-refractivity contribution < 1.29 is 23.2 Å². The van der Waals surface area contributed by atoms with E-state index >= 15 is 0 Å². The second-order valence-electron chi connectivity index (χ2n) is 5.45. The number of nitrogens with one attached hydrogen (secondary N) is 1. The summed E-state index contributed by atoms with van der Waals surface area (Å²) in [5.74, 6) is 2.62. The molecule has 1 amide bonds. The van der Waals surface area contributed by atoms with Gasteiger partial charge in [0.2, 0.25) is 24.4 Å². The van der Waals surface area contributed by atoms with E-state index < -0.39 is 0 Å². The summed E-state index contributed by atoms with van der Waals surface area (Å²) in [6, 6.07) is 9.07. The van der Waals surface area contributed by atoms with Crippen LogP contribution in [0.5, 0.6) is 11.5 Å². The Hall–Kier alpha value is -3.29. The topological polar surface area (TPSA) is 99.6 Å². The Bertz CT molecular complexity index is 872. The Morgan fingerprint density at radius 3 is 3.00 bits per heavy atom. The highest BCUT2D eigenvalue weighted by Crippen LogP contribution is 2.32. The summed E-state index contributed by atoms with van der Waals surface area (Å²) in [5.41, 5.74) is 0.940. The maximum Gasteiger partial charge on any atom is 0.238 e. The molecule has 3 aromatic rings. The molecule has 8 nitrogen and oxygen atoms in total. The normalized spacial score (nSPS) is 12.3. The van der Waals surface area contributed by atoms with E-state index in [2.05, 4.69) is 15.5 Å². The summed E-state index contributed by atoms with van der Waals surface area (Å²) >= 11 is 0. The van der Waals surface area contributed by atoms with Gasteiger partial charge >= 0.3 is 0 Å². The van der Waals surface area contributed by atoms with Gasteiger partial charge < -0.3 is 23.7 Å². The lowest BCUT2D eigenvalue weighted by Crippen LogP contribution is -2.23. The Morgan fingerprint density at radius 2 is 2.12 bits per heavy atom. The predicted octanol–water partition coefficient (Wildman–Crippen LogP) is 2.31. The fourth-order valence-electron chi connectivity index (χ4n) is 2.42. The molecule has 0 radical (unpaired) electrons. The molecule has 0 bridgehead atoms. The molecular formula is C17H15N3O5. The Morgan fingerprint density at radius 1 is 1.20 bits per heavy atom. The number of ether oxygens (including phenoxy) is 2. The van der Waals surface area contributed by atoms with Gasteiger partial charge in [-0.25, -0.2) is 0 Å². The lowest BCUT2D eigenvalue weighted by molar-refractivity contribution is -0.121. The number of amides is 1. The van der Waals surface area contributed by atoms with Gasteiger partial charge in [-0.3, -0.25) is 4.79 Å². The number of aromatic nitrogens is 2. The van der Waals surface area contributed by atoms with Crippen molar-refractivity contribution >= 4 is 5.91 Å². The van der Waals surface area contributed by atoms with Gasteiger partial charge in [-0.1, -0.05) is 11.2 Å². The Labute approximate surface area is 142 Å². The molecule has 0 saturated carbocycles. The van der Waals surface area contributed by atoms with Crippen molar-refractivity contribution in [2.45, 2.75) is 19.4 Å². The maximum atomic E-state index is 12.0. The van der Waals surface area contributed by atoms with Crippen LogP contribution in [0.1, 0.15) is 17.9 Å². The lowest BCUT2D eigenvalue weighted by atomic mass is 10.2. The number of nitrogens with zero attached hydrogens (tertiary/aromatic N) is 2. The summed E-state index contributed by atoms with van der Waals surface area (Å²) in [6.45, 7) is 0.645. The van der Waals surface area contributed by atoms with E-state index in [0.717, 1.165) is 11.3 Å². The van der Waals surface area contributed by atoms with Crippen molar-refractivity contribution in [2.75, 3.05) is 6.79 Å². The van der Waals surface area contributed by atoms with Crippen molar-refractivity contribution in [2.24, 2.45) is 0 Å². The van der Waals surface area contributed by atoms with Crippen molar-refractivity contribution in [3.05, 3.63) is 48.0 Å². The van der Waals surface area contributed by atoms with Crippen LogP contribution in [-0.4, -0.2) is 22.8 Å². The molecule has 0 unspecified atom stereocenters. The average Bonchev–Trinajstić information content (AvgIpc) is 3.38. The largest absolute Gasteiger partial charge is 0.461 e. The van der Waals surface area contributed by atoms with Gasteiger partial charge in [-0.2, -0.15) is 4.98 Å². The fourth-order valence-corrected chi connectivity index (χ4v) is 2.42. The molecule has 1 aliphatic rings. The van der Waals surface area contributed by atoms with Crippen LogP contribution in [-0.2, 0) is 17.8 Å². The van der Waals surface area contributed by atoms with Gasteiger partial charge in [-0.15, -0.1) is 0 Å². The van der Waals surface area contributed by atoms with Gasteiger partial charge in [-0.05, 0) is 29.8 Å². The van der Waals surface area contributed by atoms with Crippen molar-refractivity contribution in [3.63, 3.8) is 0 Å². The van der Waals surface area contributed by atoms with E-state index in [1.807, 2.05) is 18.2 Å². The fraction of sp³-hybridized carbons (Fsp3) is 0.235. The van der Waals surface area contributed by atoms with Crippen LogP contribution in [0.4, 0.5) is 0 Å². The molecule has 1 aromatic carbocycles. The van der Waals surface area contributed by atoms with E-state index in [0.29, 0.717) is 36.2 Å². The van der Waals surface area contributed by atoms with E-state index in [9.17, 15) is 4.79 Å². The molecule has 0 saturated heterocycles. The van der Waals surface area contributed by atoms with Crippen LogP contribution >= 0.6 is 0 Å². The molecule has 25 heavy (non-hydrogen) atoms. The van der Waals surface area contributed by atoms with Gasteiger partial charge in [0.1, 0.15) is 0 Å². The number of rotatable bonds is 6. The molecule has 3 heterocycles. The van der Waals surface area contributed by atoms with Crippen LogP contribution < -0.4 is 14.8 Å². The monoisotopic (exact) mass is 341 g/mol. The molecule has 1 aliphatic heterocycles. The number of benzene rings is 1. The lowest BCUT2D eigenvalue weighted by Gasteiger charge is -2.05. The molecule has 4 rings (SSSR count). The standard InChI is InChI=1S/C17H15N3O5/c21-15(18-9-11-3-4-12-14(8-11)24-10-23-12)5-6-16-19-17(20-25-16)13-2-1-7-22-13/h1-4,7-8H,5-6,9-10H2,(H,18,21). The number of carbonyl (C=O) groups excluding carboxylic acids is 1. The van der Waals surface area contributed by atoms with Crippen LogP contribution in [0, 0.1) is 0 Å². The third-order valence-corrected chi connectivity index (χ3v) is 3.70. The highest BCUT2D eigenvalue weighted by molar-refractivity contribution is 5.76. The quantitative estimate of drug-likeness (QED) is 0.734. The zero-order chi connectivity index (χ0) is 17.1. The number of carbonyl (C=O) groups is 1. The van der Waals surface area contributed by atoms with Crippen LogP contribution in [0.15, 0.2) is 45.5 Å². The Balaban J connectivity index is 1.27. The number of hydrogen-bond acceptors (Lipinski definition) is 7. The van der Waals surface area contributed by atoms with Gasteiger partial charge in [0.15, 0.2) is 17.3 Å². The minimum Gasteiger partial charge on any atom is -0.461 e. The Kier molecular flexibility index (Phi) is 4.07. The minimum absolute atomic E-state index is 0.101. The summed E-state index contributed by atoms with van der Waals surface area (Å²) in [6.07, 6.45) is 2.15. The smallest absolute Gasteiger partial charge is 0.238 e. The first-order valence-corrected chi connectivity index (χ1v) is 7.79. The highest BCUT2D eigenvalue weighted by atomic mass is 16.7. The zero-order valence-corrected chi connectivity index (χ0v) is 13.2. The molecule has 0 aliphatic carbocycles. The van der Waals surface area contributed by atoms with E-state index in [4.69, 9.17) is 18.4 Å². The summed E-state index contributed by atoms with van der Waals surface area (Å²) < 4.78 is 20.9. The second kappa shape index (κ2) is 6.68. The number of furan rings is 1. The average molecular weight is 341 g/mol. The van der Waals surface area contributed by atoms with E-state index in [1.165, 1.54) is 6.26 Å². The van der Waals surface area contributed by atoms with E-state index in [-0.39, 0.29) is 19.1 Å². The SMILES string of the molecule is O=C(CCc1nc(-c2ccco2)no1)NCc1ccc2c(c1)OCO2.